The Hall–Kier alpha value is -1.02. The molecule has 3 unspecified atom stereocenters. The van der Waals surface area contributed by atoms with Crippen molar-refractivity contribution in [2.24, 2.45) is 11.8 Å². The number of phenolic OH excluding ortho intramolecular Hbond substituents is 1. The van der Waals surface area contributed by atoms with Crippen LogP contribution in [0.1, 0.15) is 32.3 Å². The summed E-state index contributed by atoms with van der Waals surface area (Å²) in [5.41, 5.74) is 1.34. The first kappa shape index (κ1) is 12.4. The molecule has 1 aromatic rings. The van der Waals surface area contributed by atoms with Gasteiger partial charge in [0.15, 0.2) is 0 Å². The molecule has 2 N–H and O–H groups in total. The van der Waals surface area contributed by atoms with E-state index >= 15 is 0 Å². The van der Waals surface area contributed by atoms with Crippen molar-refractivity contribution in [1.29, 1.82) is 0 Å². The lowest BCUT2D eigenvalue weighted by atomic mass is 9.89. The van der Waals surface area contributed by atoms with Crippen molar-refractivity contribution in [3.63, 3.8) is 0 Å². The third kappa shape index (κ3) is 3.01. The van der Waals surface area contributed by atoms with Crippen LogP contribution in [0.2, 0.25) is 0 Å². The molecule has 0 saturated heterocycles. The zero-order chi connectivity index (χ0) is 12.3. The molecule has 0 aromatic heterocycles. The summed E-state index contributed by atoms with van der Waals surface area (Å²) in [5.74, 6) is 1.89. The average Bonchev–Trinajstić information content (AvgIpc) is 2.65. The van der Waals surface area contributed by atoms with Crippen molar-refractivity contribution in [3.8, 4) is 5.75 Å². The highest BCUT2D eigenvalue weighted by molar-refractivity contribution is 5.26. The minimum Gasteiger partial charge on any atom is -0.508 e. The van der Waals surface area contributed by atoms with E-state index in [9.17, 15) is 5.11 Å². The minimum absolute atomic E-state index is 0.360. The van der Waals surface area contributed by atoms with Crippen LogP contribution in [0.4, 0.5) is 0 Å². The number of nitrogens with one attached hydrogen (secondary N) is 1. The van der Waals surface area contributed by atoms with Gasteiger partial charge in [0.05, 0.1) is 0 Å². The molecule has 2 nitrogen and oxygen atoms in total. The average molecular weight is 233 g/mol. The molecule has 2 rings (SSSR count). The molecule has 1 fully saturated rings. The summed E-state index contributed by atoms with van der Waals surface area (Å²) >= 11 is 0. The van der Waals surface area contributed by atoms with Gasteiger partial charge in [0, 0.05) is 6.04 Å². The Balaban J connectivity index is 1.94. The Bertz CT molecular complexity index is 346. The highest BCUT2D eigenvalue weighted by Crippen LogP contribution is 2.34. The normalized spacial score (nSPS) is 28.5. The molecule has 0 radical (unpaired) electrons. The molecule has 94 valence electrons. The van der Waals surface area contributed by atoms with E-state index in [-0.39, 0.29) is 0 Å². The number of phenols is 1. The number of hydrogen-bond donors (Lipinski definition) is 2. The quantitative estimate of drug-likeness (QED) is 0.838. The molecule has 2 heteroatoms. The summed E-state index contributed by atoms with van der Waals surface area (Å²) in [6.07, 6.45) is 3.76. The summed E-state index contributed by atoms with van der Waals surface area (Å²) in [7, 11) is 0. The minimum atomic E-state index is 0.360. The van der Waals surface area contributed by atoms with Gasteiger partial charge < -0.3 is 10.4 Å². The lowest BCUT2D eigenvalue weighted by Crippen LogP contribution is -2.32. The third-order valence-electron chi connectivity index (χ3n) is 4.13. The van der Waals surface area contributed by atoms with Gasteiger partial charge in [-0.1, -0.05) is 26.0 Å². The van der Waals surface area contributed by atoms with Crippen molar-refractivity contribution in [3.05, 3.63) is 29.8 Å². The van der Waals surface area contributed by atoms with E-state index in [1.807, 2.05) is 12.1 Å². The molecule has 0 heterocycles. The maximum absolute atomic E-state index is 9.27. The fourth-order valence-electron chi connectivity index (χ4n) is 3.02. The van der Waals surface area contributed by atoms with E-state index in [1.165, 1.54) is 18.4 Å². The smallest absolute Gasteiger partial charge is 0.115 e. The maximum atomic E-state index is 9.27. The Labute approximate surface area is 104 Å². The van der Waals surface area contributed by atoms with Gasteiger partial charge in [0.25, 0.3) is 0 Å². The van der Waals surface area contributed by atoms with Crippen molar-refractivity contribution in [2.75, 3.05) is 6.54 Å². The largest absolute Gasteiger partial charge is 0.508 e. The van der Waals surface area contributed by atoms with E-state index in [4.69, 9.17) is 0 Å². The Morgan fingerprint density at radius 3 is 2.59 bits per heavy atom. The van der Waals surface area contributed by atoms with Gasteiger partial charge >= 0.3 is 0 Å². The molecule has 0 amide bonds. The van der Waals surface area contributed by atoms with Gasteiger partial charge in [-0.3, -0.25) is 0 Å². The van der Waals surface area contributed by atoms with Gasteiger partial charge in [-0.05, 0) is 55.3 Å². The summed E-state index contributed by atoms with van der Waals surface area (Å²) in [4.78, 5) is 0. The molecule has 3 atom stereocenters. The first-order valence-electron chi connectivity index (χ1n) is 6.72. The molecule has 1 aromatic carbocycles. The topological polar surface area (TPSA) is 32.3 Å². The number of rotatable bonds is 4. The zero-order valence-corrected chi connectivity index (χ0v) is 10.8. The van der Waals surface area contributed by atoms with E-state index < -0.39 is 0 Å². The highest BCUT2D eigenvalue weighted by atomic mass is 16.3. The fraction of sp³-hybridized carbons (Fsp3) is 0.600. The molecular weight excluding hydrogens is 210 g/mol. The van der Waals surface area contributed by atoms with Crippen LogP contribution < -0.4 is 5.32 Å². The van der Waals surface area contributed by atoms with E-state index in [0.29, 0.717) is 11.8 Å². The Kier molecular flexibility index (Phi) is 4.06. The zero-order valence-electron chi connectivity index (χ0n) is 10.8. The molecule has 17 heavy (non-hydrogen) atoms. The SMILES string of the molecule is CCNC1CCC(Cc2ccc(O)cc2)C1C. The van der Waals surface area contributed by atoms with Gasteiger partial charge in [-0.25, -0.2) is 0 Å². The monoisotopic (exact) mass is 233 g/mol. The molecular formula is C15H23NO. The summed E-state index contributed by atoms with van der Waals surface area (Å²) in [6, 6.07) is 8.36. The first-order valence-corrected chi connectivity index (χ1v) is 6.72. The van der Waals surface area contributed by atoms with Gasteiger partial charge in [-0.15, -0.1) is 0 Å². The summed E-state index contributed by atoms with van der Waals surface area (Å²) < 4.78 is 0. The van der Waals surface area contributed by atoms with Crippen LogP contribution in [0, 0.1) is 11.8 Å². The molecule has 0 spiro atoms. The van der Waals surface area contributed by atoms with Crippen molar-refractivity contribution in [1.82, 2.24) is 5.32 Å². The molecule has 0 aliphatic heterocycles. The van der Waals surface area contributed by atoms with Crippen LogP contribution in [0.3, 0.4) is 0 Å². The second-order valence-corrected chi connectivity index (χ2v) is 5.23. The van der Waals surface area contributed by atoms with Gasteiger partial charge in [-0.2, -0.15) is 0 Å². The summed E-state index contributed by atoms with van der Waals surface area (Å²) in [5, 5.41) is 12.9. The third-order valence-corrected chi connectivity index (χ3v) is 4.13. The van der Waals surface area contributed by atoms with Crippen LogP contribution in [0.5, 0.6) is 5.75 Å². The van der Waals surface area contributed by atoms with Crippen molar-refractivity contribution < 1.29 is 5.11 Å². The lowest BCUT2D eigenvalue weighted by molar-refractivity contribution is 0.355. The van der Waals surface area contributed by atoms with E-state index in [0.717, 1.165) is 24.8 Å². The summed E-state index contributed by atoms with van der Waals surface area (Å²) in [6.45, 7) is 5.62. The van der Waals surface area contributed by atoms with Crippen LogP contribution in [0.25, 0.3) is 0 Å². The molecule has 1 aliphatic rings. The molecule has 1 aliphatic carbocycles. The standard InChI is InChI=1S/C15H23NO/c1-3-16-15-9-6-13(11(15)2)10-12-4-7-14(17)8-5-12/h4-5,7-8,11,13,15-17H,3,6,9-10H2,1-2H3. The van der Waals surface area contributed by atoms with Gasteiger partial charge in [0.2, 0.25) is 0 Å². The number of benzene rings is 1. The van der Waals surface area contributed by atoms with Crippen LogP contribution in [-0.2, 0) is 6.42 Å². The number of hydrogen-bond acceptors (Lipinski definition) is 2. The predicted molar refractivity (Wildman–Crippen MR) is 71.2 cm³/mol. The predicted octanol–water partition coefficient (Wildman–Crippen LogP) is 2.96. The molecule has 1 saturated carbocycles. The van der Waals surface area contributed by atoms with Gasteiger partial charge in [0.1, 0.15) is 5.75 Å². The Morgan fingerprint density at radius 1 is 1.24 bits per heavy atom. The van der Waals surface area contributed by atoms with Crippen molar-refractivity contribution >= 4 is 0 Å². The fourth-order valence-corrected chi connectivity index (χ4v) is 3.02. The maximum Gasteiger partial charge on any atom is 0.115 e. The molecule has 0 bridgehead atoms. The van der Waals surface area contributed by atoms with E-state index in [2.05, 4.69) is 19.2 Å². The van der Waals surface area contributed by atoms with E-state index in [1.54, 1.807) is 12.1 Å². The van der Waals surface area contributed by atoms with Crippen LogP contribution >= 0.6 is 0 Å². The lowest BCUT2D eigenvalue weighted by Gasteiger charge is -2.21. The van der Waals surface area contributed by atoms with Crippen molar-refractivity contribution in [2.45, 2.75) is 39.2 Å². The number of aromatic hydroxyl groups is 1. The second kappa shape index (κ2) is 5.54. The van der Waals surface area contributed by atoms with Crippen LogP contribution in [0.15, 0.2) is 24.3 Å². The van der Waals surface area contributed by atoms with Crippen LogP contribution in [-0.4, -0.2) is 17.7 Å². The second-order valence-electron chi connectivity index (χ2n) is 5.23. The Morgan fingerprint density at radius 2 is 1.94 bits per heavy atom. The highest BCUT2D eigenvalue weighted by Gasteiger charge is 2.31. The first-order chi connectivity index (χ1) is 8.20.